The highest BCUT2D eigenvalue weighted by Crippen LogP contribution is 2.33. The van der Waals surface area contributed by atoms with Crippen molar-refractivity contribution in [3.63, 3.8) is 0 Å². The van der Waals surface area contributed by atoms with Gasteiger partial charge in [-0.15, -0.1) is 0 Å². The number of carbonyl (C=O) groups is 1. The minimum atomic E-state index is -0.477. The van der Waals surface area contributed by atoms with E-state index in [0.717, 1.165) is 5.56 Å². The van der Waals surface area contributed by atoms with Gasteiger partial charge in [-0.25, -0.2) is 4.68 Å². The summed E-state index contributed by atoms with van der Waals surface area (Å²) in [6, 6.07) is 22.2. The van der Waals surface area contributed by atoms with E-state index in [9.17, 15) is 14.9 Å². The maximum Gasteiger partial charge on any atom is 0.270 e. The molecule has 1 aromatic heterocycles. The van der Waals surface area contributed by atoms with Crippen LogP contribution in [0.2, 0.25) is 0 Å². The second-order valence-electron chi connectivity index (χ2n) is 7.77. The molecule has 0 aliphatic rings. The molecular formula is C26H24N4O5. The van der Waals surface area contributed by atoms with E-state index >= 15 is 0 Å². The van der Waals surface area contributed by atoms with E-state index < -0.39 is 4.92 Å². The first-order chi connectivity index (χ1) is 16.9. The van der Waals surface area contributed by atoms with Crippen molar-refractivity contribution in [2.24, 2.45) is 0 Å². The average molecular weight is 473 g/mol. The Bertz CT molecular complexity index is 1350. The zero-order valence-corrected chi connectivity index (χ0v) is 19.5. The van der Waals surface area contributed by atoms with Crippen molar-refractivity contribution in [3.8, 4) is 28.4 Å². The molecule has 0 fully saturated rings. The van der Waals surface area contributed by atoms with Crippen LogP contribution in [0.15, 0.2) is 78.9 Å². The SMILES string of the molecule is COc1ccc(-c2cc(C(=O)NC(C)c3ccccc3)n(-c3ccc([N+](=O)[O-])cc3)n2)c(OC)c1. The molecule has 1 amide bonds. The van der Waals surface area contributed by atoms with Crippen LogP contribution in [0.4, 0.5) is 5.69 Å². The first kappa shape index (κ1) is 23.5. The van der Waals surface area contributed by atoms with Gasteiger partial charge in [-0.3, -0.25) is 14.9 Å². The number of nitrogens with one attached hydrogen (secondary N) is 1. The van der Waals surface area contributed by atoms with E-state index in [1.165, 1.54) is 16.8 Å². The molecule has 3 aromatic carbocycles. The molecule has 0 radical (unpaired) electrons. The Morgan fingerprint density at radius 2 is 1.71 bits per heavy atom. The number of hydrogen-bond donors (Lipinski definition) is 1. The Hall–Kier alpha value is -4.66. The molecule has 4 rings (SSSR count). The van der Waals surface area contributed by atoms with E-state index in [1.807, 2.05) is 37.3 Å². The van der Waals surface area contributed by atoms with Crippen LogP contribution in [-0.4, -0.2) is 34.8 Å². The summed E-state index contributed by atoms with van der Waals surface area (Å²) in [5, 5.41) is 18.7. The summed E-state index contributed by atoms with van der Waals surface area (Å²) < 4.78 is 12.3. The maximum absolute atomic E-state index is 13.4. The number of hydrogen-bond acceptors (Lipinski definition) is 6. The molecule has 0 saturated carbocycles. The summed E-state index contributed by atoms with van der Waals surface area (Å²) in [6.07, 6.45) is 0. The monoisotopic (exact) mass is 472 g/mol. The van der Waals surface area contributed by atoms with Gasteiger partial charge in [0.1, 0.15) is 17.2 Å². The number of nitrogens with zero attached hydrogens (tertiary/aromatic N) is 3. The quantitative estimate of drug-likeness (QED) is 0.287. The number of carbonyl (C=O) groups excluding carboxylic acids is 1. The van der Waals surface area contributed by atoms with Gasteiger partial charge in [0.2, 0.25) is 0 Å². The highest BCUT2D eigenvalue weighted by atomic mass is 16.6. The molecule has 4 aromatic rings. The molecule has 0 saturated heterocycles. The van der Waals surface area contributed by atoms with Gasteiger partial charge < -0.3 is 14.8 Å². The lowest BCUT2D eigenvalue weighted by Gasteiger charge is -2.15. The second kappa shape index (κ2) is 10.1. The highest BCUT2D eigenvalue weighted by Gasteiger charge is 2.22. The van der Waals surface area contributed by atoms with Gasteiger partial charge in [-0.2, -0.15) is 5.10 Å². The first-order valence-corrected chi connectivity index (χ1v) is 10.8. The summed E-state index contributed by atoms with van der Waals surface area (Å²) in [4.78, 5) is 24.0. The Morgan fingerprint density at radius 1 is 1.00 bits per heavy atom. The standard InChI is InChI=1S/C26H24N4O5/c1-17(18-7-5-4-6-8-18)27-26(31)24-16-23(22-14-13-21(34-2)15-25(22)35-3)28-29(24)19-9-11-20(12-10-19)30(32)33/h4-17H,1-3H3,(H,27,31). The van der Waals surface area contributed by atoms with E-state index in [4.69, 9.17) is 9.47 Å². The third-order valence-electron chi connectivity index (χ3n) is 5.58. The molecule has 1 unspecified atom stereocenters. The van der Waals surface area contributed by atoms with Gasteiger partial charge in [0.05, 0.1) is 36.6 Å². The van der Waals surface area contributed by atoms with Crippen molar-refractivity contribution in [2.45, 2.75) is 13.0 Å². The van der Waals surface area contributed by atoms with Crippen molar-refractivity contribution in [1.82, 2.24) is 15.1 Å². The van der Waals surface area contributed by atoms with Crippen molar-refractivity contribution in [3.05, 3.63) is 100 Å². The molecule has 9 nitrogen and oxygen atoms in total. The zero-order chi connectivity index (χ0) is 24.9. The molecular weight excluding hydrogens is 448 g/mol. The third-order valence-corrected chi connectivity index (χ3v) is 5.58. The lowest BCUT2D eigenvalue weighted by Crippen LogP contribution is -2.28. The van der Waals surface area contributed by atoms with Gasteiger partial charge in [-0.05, 0) is 42.8 Å². The van der Waals surface area contributed by atoms with Crippen molar-refractivity contribution < 1.29 is 19.2 Å². The summed E-state index contributed by atoms with van der Waals surface area (Å²) >= 11 is 0. The Labute approximate surface area is 202 Å². The Balaban J connectivity index is 1.77. The zero-order valence-electron chi connectivity index (χ0n) is 19.5. The number of ether oxygens (including phenoxy) is 2. The van der Waals surface area contributed by atoms with Crippen molar-refractivity contribution in [1.29, 1.82) is 0 Å². The number of rotatable bonds is 8. The second-order valence-corrected chi connectivity index (χ2v) is 7.77. The van der Waals surface area contributed by atoms with E-state index in [2.05, 4.69) is 10.4 Å². The van der Waals surface area contributed by atoms with Crippen LogP contribution in [0, 0.1) is 10.1 Å². The topological polar surface area (TPSA) is 109 Å². The molecule has 0 bridgehead atoms. The van der Waals surface area contributed by atoms with Crippen LogP contribution in [0.3, 0.4) is 0 Å². The maximum atomic E-state index is 13.4. The normalized spacial score (nSPS) is 11.5. The lowest BCUT2D eigenvalue weighted by molar-refractivity contribution is -0.384. The van der Waals surface area contributed by atoms with Gasteiger partial charge in [0.25, 0.3) is 11.6 Å². The van der Waals surface area contributed by atoms with Gasteiger partial charge in [0, 0.05) is 23.8 Å². The molecule has 1 heterocycles. The predicted molar refractivity (Wildman–Crippen MR) is 131 cm³/mol. The molecule has 0 aliphatic carbocycles. The van der Waals surface area contributed by atoms with E-state index in [-0.39, 0.29) is 23.3 Å². The minimum absolute atomic E-state index is 0.0540. The molecule has 9 heteroatoms. The number of amides is 1. The van der Waals surface area contributed by atoms with Gasteiger partial charge in [0.15, 0.2) is 0 Å². The Kier molecular flexibility index (Phi) is 6.77. The van der Waals surface area contributed by atoms with Gasteiger partial charge >= 0.3 is 0 Å². The van der Waals surface area contributed by atoms with E-state index in [1.54, 1.807) is 50.6 Å². The molecule has 35 heavy (non-hydrogen) atoms. The molecule has 178 valence electrons. The number of methoxy groups -OCH3 is 2. The summed E-state index contributed by atoms with van der Waals surface area (Å²) in [5.41, 5.74) is 2.85. The predicted octanol–water partition coefficient (Wildman–Crippen LogP) is 4.96. The number of non-ortho nitro benzene ring substituents is 1. The highest BCUT2D eigenvalue weighted by molar-refractivity contribution is 5.95. The van der Waals surface area contributed by atoms with Crippen LogP contribution in [0.5, 0.6) is 11.5 Å². The summed E-state index contributed by atoms with van der Waals surface area (Å²) in [7, 11) is 3.11. The molecule has 1 atom stereocenters. The fraction of sp³-hybridized carbons (Fsp3) is 0.154. The largest absolute Gasteiger partial charge is 0.497 e. The van der Waals surface area contributed by atoms with Crippen LogP contribution in [0.1, 0.15) is 29.0 Å². The number of nitro groups is 1. The summed E-state index contributed by atoms with van der Waals surface area (Å²) in [6.45, 7) is 1.90. The number of aromatic nitrogens is 2. The first-order valence-electron chi connectivity index (χ1n) is 10.8. The van der Waals surface area contributed by atoms with Crippen LogP contribution < -0.4 is 14.8 Å². The summed E-state index contributed by atoms with van der Waals surface area (Å²) in [5.74, 6) is 0.809. The van der Waals surface area contributed by atoms with Crippen LogP contribution >= 0.6 is 0 Å². The van der Waals surface area contributed by atoms with Gasteiger partial charge in [-0.1, -0.05) is 30.3 Å². The fourth-order valence-corrected chi connectivity index (χ4v) is 3.69. The van der Waals surface area contributed by atoms with Crippen LogP contribution in [-0.2, 0) is 0 Å². The molecule has 0 aliphatic heterocycles. The molecule has 1 N–H and O–H groups in total. The Morgan fingerprint density at radius 3 is 2.34 bits per heavy atom. The van der Waals surface area contributed by atoms with Crippen molar-refractivity contribution in [2.75, 3.05) is 14.2 Å². The third kappa shape index (κ3) is 4.98. The van der Waals surface area contributed by atoms with Crippen molar-refractivity contribution >= 4 is 11.6 Å². The number of nitro benzene ring substituents is 1. The number of benzene rings is 3. The van der Waals surface area contributed by atoms with E-state index in [0.29, 0.717) is 28.4 Å². The minimum Gasteiger partial charge on any atom is -0.497 e. The smallest absolute Gasteiger partial charge is 0.270 e. The lowest BCUT2D eigenvalue weighted by atomic mass is 10.1. The van der Waals surface area contributed by atoms with Crippen LogP contribution in [0.25, 0.3) is 16.9 Å². The molecule has 0 spiro atoms. The average Bonchev–Trinajstić information content (AvgIpc) is 3.34. The fourth-order valence-electron chi connectivity index (χ4n) is 3.69.